The molecular formula is C26H32Si. The van der Waals surface area contributed by atoms with E-state index >= 15 is 0 Å². The van der Waals surface area contributed by atoms with Crippen molar-refractivity contribution in [1.82, 2.24) is 0 Å². The zero-order valence-corrected chi connectivity index (χ0v) is 18.7. The maximum atomic E-state index is 2.67. The van der Waals surface area contributed by atoms with Gasteiger partial charge in [-0.3, -0.25) is 0 Å². The first-order valence-electron chi connectivity index (χ1n) is 10.5. The van der Waals surface area contributed by atoms with E-state index in [1.807, 2.05) is 0 Å². The van der Waals surface area contributed by atoms with Crippen LogP contribution in [0.5, 0.6) is 0 Å². The molecule has 1 fully saturated rings. The van der Waals surface area contributed by atoms with Crippen LogP contribution in [0.1, 0.15) is 56.4 Å². The van der Waals surface area contributed by atoms with Crippen molar-refractivity contribution in [3.8, 4) is 0 Å². The van der Waals surface area contributed by atoms with Gasteiger partial charge < -0.3 is 0 Å². The van der Waals surface area contributed by atoms with E-state index in [0.29, 0.717) is 5.04 Å². The molecule has 2 aromatic carbocycles. The van der Waals surface area contributed by atoms with Gasteiger partial charge in [-0.25, -0.2) is 0 Å². The van der Waals surface area contributed by atoms with E-state index < -0.39 is 8.07 Å². The molecule has 1 saturated heterocycles. The molecule has 3 atom stereocenters. The Balaban J connectivity index is 1.76. The van der Waals surface area contributed by atoms with Gasteiger partial charge in [0.05, 0.1) is 8.07 Å². The highest BCUT2D eigenvalue weighted by atomic mass is 28.3. The zero-order chi connectivity index (χ0) is 19.2. The van der Waals surface area contributed by atoms with Crippen molar-refractivity contribution < 1.29 is 0 Å². The monoisotopic (exact) mass is 372 g/mol. The highest BCUT2D eigenvalue weighted by Gasteiger charge is 2.87. The van der Waals surface area contributed by atoms with Crippen LogP contribution in [-0.2, 0) is 16.9 Å². The number of benzene rings is 2. The third kappa shape index (κ3) is 1.85. The number of hydrogen-bond acceptors (Lipinski definition) is 0. The summed E-state index contributed by atoms with van der Waals surface area (Å²) in [5.41, 5.74) is 8.13. The van der Waals surface area contributed by atoms with Crippen LogP contribution in [0.15, 0.2) is 60.2 Å². The molecule has 0 amide bonds. The Bertz CT molecular complexity index is 956. The average Bonchev–Trinajstić information content (AvgIpc) is 2.86. The van der Waals surface area contributed by atoms with Gasteiger partial charge in [0.1, 0.15) is 0 Å². The molecule has 0 saturated carbocycles. The van der Waals surface area contributed by atoms with Gasteiger partial charge in [0, 0.05) is 5.04 Å². The van der Waals surface area contributed by atoms with Crippen molar-refractivity contribution in [3.63, 3.8) is 0 Å². The second kappa shape index (κ2) is 5.06. The zero-order valence-electron chi connectivity index (χ0n) is 17.7. The van der Waals surface area contributed by atoms with E-state index in [1.54, 1.807) is 22.3 Å². The molecule has 0 N–H and O–H groups in total. The number of allylic oxidation sites excluding steroid dienone is 2. The van der Waals surface area contributed by atoms with Gasteiger partial charge in [-0.1, -0.05) is 94.0 Å². The Morgan fingerprint density at radius 1 is 0.963 bits per heavy atom. The summed E-state index contributed by atoms with van der Waals surface area (Å²) in [6.45, 7) is 14.7. The Morgan fingerprint density at radius 2 is 1.63 bits per heavy atom. The Morgan fingerprint density at radius 3 is 2.30 bits per heavy atom. The smallest absolute Gasteiger partial charge is 0.0728 e. The first kappa shape index (κ1) is 17.5. The SMILES string of the molecule is CC1=CC2Cc3ccccc3C3(c4ccc(C(C)(C)C)cc4)C2(C1)[Si]3(C)C. The summed E-state index contributed by atoms with van der Waals surface area (Å²) < 4.78 is 0. The van der Waals surface area contributed by atoms with Crippen LogP contribution in [0.4, 0.5) is 0 Å². The van der Waals surface area contributed by atoms with E-state index in [0.717, 1.165) is 5.92 Å². The second-order valence-corrected chi connectivity index (χ2v) is 15.7. The minimum atomic E-state index is -1.51. The summed E-state index contributed by atoms with van der Waals surface area (Å²) in [4.78, 5) is 0. The van der Waals surface area contributed by atoms with Gasteiger partial charge in [0.25, 0.3) is 0 Å². The highest BCUT2D eigenvalue weighted by Crippen LogP contribution is 2.87. The van der Waals surface area contributed by atoms with Crippen LogP contribution in [0.3, 0.4) is 0 Å². The fraction of sp³-hybridized carbons (Fsp3) is 0.462. The molecule has 140 valence electrons. The summed E-state index contributed by atoms with van der Waals surface area (Å²) in [7, 11) is -1.51. The van der Waals surface area contributed by atoms with Gasteiger partial charge >= 0.3 is 0 Å². The molecule has 0 aromatic heterocycles. The van der Waals surface area contributed by atoms with Crippen molar-refractivity contribution in [1.29, 1.82) is 0 Å². The quantitative estimate of drug-likeness (QED) is 0.382. The molecule has 0 bridgehead atoms. The van der Waals surface area contributed by atoms with Crippen LogP contribution >= 0.6 is 0 Å². The maximum absolute atomic E-state index is 2.67. The lowest BCUT2D eigenvalue weighted by Crippen LogP contribution is -2.28. The van der Waals surface area contributed by atoms with Crippen LogP contribution in [0.25, 0.3) is 0 Å². The lowest BCUT2D eigenvalue weighted by Gasteiger charge is -2.36. The third-order valence-corrected chi connectivity index (χ3v) is 14.2. The standard InChI is InChI=1S/C26H32Si/c1-18-15-22-16-19-9-7-8-10-23(19)26(25(22,17-18)27(26,5)6)21-13-11-20(12-14-21)24(2,3)4/h7-15,22H,16-17H2,1-6H3. The van der Waals surface area contributed by atoms with Gasteiger partial charge in [0.15, 0.2) is 0 Å². The van der Waals surface area contributed by atoms with Gasteiger partial charge in [-0.2, -0.15) is 0 Å². The predicted octanol–water partition coefficient (Wildman–Crippen LogP) is 6.79. The number of rotatable bonds is 1. The van der Waals surface area contributed by atoms with Crippen molar-refractivity contribution in [3.05, 3.63) is 82.4 Å². The van der Waals surface area contributed by atoms with Crippen LogP contribution in [0, 0.1) is 5.92 Å². The summed E-state index contributed by atoms with van der Waals surface area (Å²) in [5, 5.41) is 0.770. The first-order valence-corrected chi connectivity index (χ1v) is 13.5. The average molecular weight is 373 g/mol. The Hall–Kier alpha value is -1.60. The minimum absolute atomic E-state index is 0.211. The molecule has 3 unspecified atom stereocenters. The molecule has 3 aliphatic rings. The number of fused-ring (bicyclic) bond motifs is 2. The van der Waals surface area contributed by atoms with Gasteiger partial charge in [-0.05, 0) is 58.4 Å². The summed E-state index contributed by atoms with van der Waals surface area (Å²) in [6, 6.07) is 19.1. The predicted molar refractivity (Wildman–Crippen MR) is 118 cm³/mol. The van der Waals surface area contributed by atoms with Crippen molar-refractivity contribution >= 4 is 8.07 Å². The molecule has 1 heteroatoms. The van der Waals surface area contributed by atoms with Crippen LogP contribution in [-0.4, -0.2) is 8.07 Å². The van der Waals surface area contributed by atoms with E-state index in [2.05, 4.69) is 95.4 Å². The Kier molecular flexibility index (Phi) is 3.28. The highest BCUT2D eigenvalue weighted by molar-refractivity contribution is 6.96. The maximum Gasteiger partial charge on any atom is 0.0728 e. The summed E-state index contributed by atoms with van der Waals surface area (Å²) >= 11 is 0. The molecule has 0 radical (unpaired) electrons. The van der Waals surface area contributed by atoms with Crippen molar-refractivity contribution in [2.24, 2.45) is 5.92 Å². The molecule has 2 aromatic rings. The summed E-state index contributed by atoms with van der Waals surface area (Å²) in [5.74, 6) is 0.733. The third-order valence-electron chi connectivity index (χ3n) is 8.38. The molecule has 27 heavy (non-hydrogen) atoms. The van der Waals surface area contributed by atoms with E-state index in [-0.39, 0.29) is 10.5 Å². The topological polar surface area (TPSA) is 0 Å². The molecule has 0 nitrogen and oxygen atoms in total. The summed E-state index contributed by atoms with van der Waals surface area (Å²) in [6.07, 6.45) is 5.19. The first-order chi connectivity index (χ1) is 12.7. The van der Waals surface area contributed by atoms with E-state index in [4.69, 9.17) is 0 Å². The van der Waals surface area contributed by atoms with Crippen LogP contribution < -0.4 is 0 Å². The fourth-order valence-corrected chi connectivity index (χ4v) is 14.3. The second-order valence-electron chi connectivity index (χ2n) is 10.8. The molecule has 5 rings (SSSR count). The van der Waals surface area contributed by atoms with Gasteiger partial charge in [-0.15, -0.1) is 0 Å². The molecular weight excluding hydrogens is 340 g/mol. The molecule has 2 aliphatic carbocycles. The molecule has 1 spiro atoms. The lowest BCUT2D eigenvalue weighted by atomic mass is 9.67. The molecule has 1 aliphatic heterocycles. The molecule has 1 heterocycles. The van der Waals surface area contributed by atoms with E-state index in [9.17, 15) is 0 Å². The lowest BCUT2D eigenvalue weighted by molar-refractivity contribution is 0.425. The van der Waals surface area contributed by atoms with Crippen LogP contribution in [0.2, 0.25) is 18.1 Å². The van der Waals surface area contributed by atoms with Gasteiger partial charge in [0.2, 0.25) is 0 Å². The van der Waals surface area contributed by atoms with Crippen molar-refractivity contribution in [2.45, 2.75) is 69.1 Å². The fourth-order valence-electron chi connectivity index (χ4n) is 7.32. The van der Waals surface area contributed by atoms with Crippen molar-refractivity contribution in [2.75, 3.05) is 0 Å². The largest absolute Gasteiger partial charge is 0.0818 e. The normalized spacial score (nSPS) is 33.0. The van der Waals surface area contributed by atoms with E-state index in [1.165, 1.54) is 18.4 Å². The Labute approximate surface area is 165 Å². The minimum Gasteiger partial charge on any atom is -0.0818 e. The number of hydrogen-bond donors (Lipinski definition) is 0.